The molecule has 0 radical (unpaired) electrons. The van der Waals surface area contributed by atoms with E-state index in [4.69, 9.17) is 0 Å². The van der Waals surface area contributed by atoms with E-state index in [0.29, 0.717) is 42.2 Å². The number of hydrogen-bond acceptors (Lipinski definition) is 4. The van der Waals surface area contributed by atoms with E-state index >= 15 is 0 Å². The molecule has 2 fully saturated rings. The summed E-state index contributed by atoms with van der Waals surface area (Å²) in [5.74, 6) is 5.89. The second-order valence-electron chi connectivity index (χ2n) is 10.3. The first-order valence-electron chi connectivity index (χ1n) is 11.5. The number of aliphatic hydroxyl groups excluding tert-OH is 1. The molecule has 0 unspecified atom stereocenters. The van der Waals surface area contributed by atoms with Gasteiger partial charge in [-0.1, -0.05) is 18.8 Å². The smallest absolute Gasteiger partial charge is 0.348 e. The van der Waals surface area contributed by atoms with Crippen LogP contribution in [0.25, 0.3) is 0 Å². The highest BCUT2D eigenvalue weighted by molar-refractivity contribution is 7.15. The molecule has 0 bridgehead atoms. The van der Waals surface area contributed by atoms with Gasteiger partial charge in [0.15, 0.2) is 0 Å². The summed E-state index contributed by atoms with van der Waals surface area (Å²) in [5, 5.41) is 19.9. The lowest BCUT2D eigenvalue weighted by Gasteiger charge is -2.38. The molecule has 2 aliphatic carbocycles. The zero-order chi connectivity index (χ0) is 22.8. The summed E-state index contributed by atoms with van der Waals surface area (Å²) in [7, 11) is 0. The van der Waals surface area contributed by atoms with Gasteiger partial charge >= 0.3 is 5.97 Å². The van der Waals surface area contributed by atoms with Crippen LogP contribution in [0, 0.1) is 29.1 Å². The Bertz CT molecular complexity index is 859. The topological polar surface area (TPSA) is 109 Å². The van der Waals surface area contributed by atoms with Gasteiger partial charge in [0.05, 0.1) is 16.7 Å². The molecule has 0 spiro atoms. The first kappa shape index (κ1) is 26.4. The molecule has 2 saturated carbocycles. The van der Waals surface area contributed by atoms with E-state index in [2.05, 4.69) is 18.8 Å². The number of thiophene rings is 1. The minimum Gasteiger partial charge on any atom is -0.477 e. The van der Waals surface area contributed by atoms with Gasteiger partial charge in [-0.3, -0.25) is 4.79 Å². The maximum Gasteiger partial charge on any atom is 0.348 e. The van der Waals surface area contributed by atoms with E-state index < -0.39 is 5.97 Å². The lowest BCUT2D eigenvalue weighted by molar-refractivity contribution is -0.124. The van der Waals surface area contributed by atoms with Gasteiger partial charge in [-0.15, -0.1) is 11.3 Å². The van der Waals surface area contributed by atoms with Gasteiger partial charge in [0.1, 0.15) is 4.88 Å². The predicted octanol–water partition coefficient (Wildman–Crippen LogP) is 4.48. The van der Waals surface area contributed by atoms with Crippen LogP contribution in [-0.2, 0) is 4.79 Å². The lowest BCUT2D eigenvalue weighted by atomic mass is 9.81. The number of nitrogens with zero attached hydrogens (tertiary/aromatic N) is 1. The lowest BCUT2D eigenvalue weighted by Crippen LogP contribution is -2.47. The second kappa shape index (κ2) is 10.8. The number of carbonyl (C=O) groups excluding carboxylic acids is 1. The molecule has 6 nitrogen and oxygen atoms in total. The van der Waals surface area contributed by atoms with Gasteiger partial charge in [-0.2, -0.15) is 0 Å². The minimum atomic E-state index is -1.02. The highest BCUT2D eigenvalue weighted by Crippen LogP contribution is 2.38. The van der Waals surface area contributed by atoms with E-state index in [-0.39, 0.29) is 39.7 Å². The minimum absolute atomic E-state index is 0. The molecule has 4 N–H and O–H groups in total. The Morgan fingerprint density at radius 1 is 1.06 bits per heavy atom. The van der Waals surface area contributed by atoms with Crippen molar-refractivity contribution in [1.29, 1.82) is 0 Å². The first-order chi connectivity index (χ1) is 14.5. The third kappa shape index (κ3) is 6.57. The first-order valence-corrected chi connectivity index (χ1v) is 12.3. The maximum absolute atomic E-state index is 13.7. The van der Waals surface area contributed by atoms with Gasteiger partial charge in [0.2, 0.25) is 5.91 Å². The molecule has 2 aliphatic rings. The Morgan fingerprint density at radius 2 is 1.66 bits per heavy atom. The number of anilines is 1. The largest absolute Gasteiger partial charge is 0.477 e. The van der Waals surface area contributed by atoms with Crippen molar-refractivity contribution >= 4 is 28.9 Å². The average molecular weight is 464 g/mol. The average Bonchev–Trinajstić information content (AvgIpc) is 3.12. The van der Waals surface area contributed by atoms with E-state index in [0.717, 1.165) is 37.0 Å². The van der Waals surface area contributed by atoms with Crippen molar-refractivity contribution in [2.24, 2.45) is 17.3 Å². The molecular formula is C25H37NO5S. The van der Waals surface area contributed by atoms with Crippen molar-refractivity contribution in [2.45, 2.75) is 91.2 Å². The molecule has 3 rings (SSSR count). The molecule has 1 aromatic rings. The van der Waals surface area contributed by atoms with Crippen molar-refractivity contribution in [3.05, 3.63) is 15.8 Å². The number of carbonyl (C=O) groups is 2. The van der Waals surface area contributed by atoms with Crippen LogP contribution < -0.4 is 4.90 Å². The van der Waals surface area contributed by atoms with Crippen molar-refractivity contribution in [1.82, 2.24) is 0 Å². The highest BCUT2D eigenvalue weighted by atomic mass is 32.1. The van der Waals surface area contributed by atoms with Gasteiger partial charge in [-0.05, 0) is 84.1 Å². The van der Waals surface area contributed by atoms with Crippen LogP contribution in [-0.4, -0.2) is 39.7 Å². The number of aromatic carboxylic acids is 1. The molecule has 0 atom stereocenters. The van der Waals surface area contributed by atoms with Gasteiger partial charge < -0.3 is 20.6 Å². The summed E-state index contributed by atoms with van der Waals surface area (Å²) in [5.41, 5.74) is 0.294. The highest BCUT2D eigenvalue weighted by Gasteiger charge is 2.37. The van der Waals surface area contributed by atoms with Crippen molar-refractivity contribution in [3.63, 3.8) is 0 Å². The Labute approximate surface area is 195 Å². The maximum atomic E-state index is 13.7. The third-order valence-electron chi connectivity index (χ3n) is 6.36. The molecule has 1 amide bonds. The fourth-order valence-electron chi connectivity index (χ4n) is 4.54. The Kier molecular flexibility index (Phi) is 8.92. The zero-order valence-electron chi connectivity index (χ0n) is 19.6. The molecular weight excluding hydrogens is 426 g/mol. The number of carboxylic acid groups (broad SMARTS) is 1. The standard InChI is InChI=1S/C25H35NO4S.H2O/c1-16-5-7-17(8-6-16)23(28)26(18-9-11-19(27)12-10-18)21-15-20(13-14-25(2,3)4)31-22(21)24(29)30;/h15-19,27H,5-12H2,1-4H3,(H,29,30);1H2. The number of hydrogen-bond donors (Lipinski definition) is 2. The normalized spacial score (nSPS) is 25.8. The van der Waals surface area contributed by atoms with E-state index in [1.165, 1.54) is 0 Å². The summed E-state index contributed by atoms with van der Waals surface area (Å²) < 4.78 is 0. The van der Waals surface area contributed by atoms with Crippen molar-refractivity contribution in [3.8, 4) is 11.8 Å². The molecule has 0 aromatic carbocycles. The van der Waals surface area contributed by atoms with Crippen LogP contribution >= 0.6 is 11.3 Å². The monoisotopic (exact) mass is 463 g/mol. The molecule has 32 heavy (non-hydrogen) atoms. The number of carboxylic acids is 1. The predicted molar refractivity (Wildman–Crippen MR) is 128 cm³/mol. The fourth-order valence-corrected chi connectivity index (χ4v) is 5.38. The summed E-state index contributed by atoms with van der Waals surface area (Å²) >= 11 is 1.15. The molecule has 1 aromatic heterocycles. The number of aliphatic hydroxyl groups is 1. The summed E-state index contributed by atoms with van der Waals surface area (Å²) in [6.45, 7) is 8.27. The zero-order valence-corrected chi connectivity index (χ0v) is 20.4. The van der Waals surface area contributed by atoms with E-state index in [9.17, 15) is 19.8 Å². The summed E-state index contributed by atoms with van der Waals surface area (Å²) in [4.78, 5) is 28.5. The van der Waals surface area contributed by atoms with Gasteiger partial charge in [0.25, 0.3) is 0 Å². The quantitative estimate of drug-likeness (QED) is 0.641. The second-order valence-corrected chi connectivity index (χ2v) is 11.3. The van der Waals surface area contributed by atoms with Gasteiger partial charge in [0, 0.05) is 17.4 Å². The van der Waals surface area contributed by atoms with Crippen LogP contribution in [0.1, 0.15) is 93.6 Å². The number of rotatable bonds is 4. The molecule has 7 heteroatoms. The van der Waals surface area contributed by atoms with Crippen LogP contribution in [0.2, 0.25) is 0 Å². The molecule has 0 aliphatic heterocycles. The van der Waals surface area contributed by atoms with Crippen LogP contribution in [0.5, 0.6) is 0 Å². The summed E-state index contributed by atoms with van der Waals surface area (Å²) in [6.07, 6.45) is 6.10. The SMILES string of the molecule is CC1CCC(C(=O)N(c2cc(C#CC(C)(C)C)sc2C(=O)O)C2CCC(O)CC2)CC1.O. The molecule has 1 heterocycles. The third-order valence-corrected chi connectivity index (χ3v) is 7.39. The van der Waals surface area contributed by atoms with Crippen LogP contribution in [0.4, 0.5) is 5.69 Å². The van der Waals surface area contributed by atoms with E-state index in [1.54, 1.807) is 11.0 Å². The Balaban J connectivity index is 0.00000363. The Morgan fingerprint density at radius 3 is 2.19 bits per heavy atom. The van der Waals surface area contributed by atoms with Crippen molar-refractivity contribution < 1.29 is 25.3 Å². The fraction of sp³-hybridized carbons (Fsp3) is 0.680. The molecule has 0 saturated heterocycles. The van der Waals surface area contributed by atoms with Crippen LogP contribution in [0.3, 0.4) is 0 Å². The Hall–Kier alpha value is -1.88. The van der Waals surface area contributed by atoms with Crippen molar-refractivity contribution in [2.75, 3.05) is 4.90 Å². The van der Waals surface area contributed by atoms with Gasteiger partial charge in [-0.25, -0.2) is 4.79 Å². The number of amides is 1. The molecule has 178 valence electrons. The summed E-state index contributed by atoms with van der Waals surface area (Å²) in [6, 6.07) is 1.72. The van der Waals surface area contributed by atoms with E-state index in [1.807, 2.05) is 20.8 Å². The van der Waals surface area contributed by atoms with Crippen LogP contribution in [0.15, 0.2) is 6.07 Å².